The van der Waals surface area contributed by atoms with Crippen molar-refractivity contribution >= 4 is 12.0 Å². The Morgan fingerprint density at radius 2 is 2.13 bits per heavy atom. The molecule has 2 N–H and O–H groups in total. The molecular weight excluding hydrogens is 294 g/mol. The van der Waals surface area contributed by atoms with Crippen molar-refractivity contribution in [1.29, 1.82) is 0 Å². The third kappa shape index (κ3) is 4.43. The molecule has 0 bridgehead atoms. The zero-order chi connectivity index (χ0) is 17.0. The lowest BCUT2D eigenvalue weighted by Gasteiger charge is -2.35. The van der Waals surface area contributed by atoms with Crippen LogP contribution in [0.4, 0.5) is 4.79 Å². The molecule has 0 spiro atoms. The van der Waals surface area contributed by atoms with E-state index in [-0.39, 0.29) is 23.9 Å². The van der Waals surface area contributed by atoms with Crippen LogP contribution in [-0.2, 0) is 10.2 Å². The molecule has 2 amide bonds. The van der Waals surface area contributed by atoms with Gasteiger partial charge in [-0.15, -0.1) is 0 Å². The Labute approximate surface area is 136 Å². The number of carboxylic acids is 1. The number of aromatic nitrogens is 1. The van der Waals surface area contributed by atoms with Crippen LogP contribution in [0.25, 0.3) is 0 Å². The zero-order valence-electron chi connectivity index (χ0n) is 14.0. The smallest absolute Gasteiger partial charge is 0.317 e. The molecule has 1 saturated heterocycles. The molecule has 23 heavy (non-hydrogen) atoms. The van der Waals surface area contributed by atoms with Crippen LogP contribution in [-0.4, -0.2) is 46.6 Å². The molecule has 126 valence electrons. The van der Waals surface area contributed by atoms with Gasteiger partial charge in [-0.2, -0.15) is 0 Å². The topological polar surface area (TPSA) is 82.5 Å². The van der Waals surface area contributed by atoms with E-state index in [9.17, 15) is 14.7 Å². The summed E-state index contributed by atoms with van der Waals surface area (Å²) in [5.74, 6) is -1.11. The number of nitrogens with one attached hydrogen (secondary N) is 1. The van der Waals surface area contributed by atoms with Crippen molar-refractivity contribution in [2.45, 2.75) is 32.6 Å². The number of carbonyl (C=O) groups is 2. The summed E-state index contributed by atoms with van der Waals surface area (Å²) in [6.45, 7) is 7.34. The van der Waals surface area contributed by atoms with Gasteiger partial charge in [0, 0.05) is 36.9 Å². The predicted molar refractivity (Wildman–Crippen MR) is 87.1 cm³/mol. The summed E-state index contributed by atoms with van der Waals surface area (Å²) < 4.78 is 0. The molecule has 1 fully saturated rings. The zero-order valence-corrected chi connectivity index (χ0v) is 14.0. The third-order valence-electron chi connectivity index (χ3n) is 4.34. The number of carbonyl (C=O) groups excluding carboxylic acids is 1. The summed E-state index contributed by atoms with van der Waals surface area (Å²) in [6, 6.07) is 5.52. The highest BCUT2D eigenvalue weighted by atomic mass is 16.4. The monoisotopic (exact) mass is 319 g/mol. The van der Waals surface area contributed by atoms with Crippen molar-refractivity contribution in [3.8, 4) is 0 Å². The van der Waals surface area contributed by atoms with Gasteiger partial charge in [0.25, 0.3) is 0 Å². The van der Waals surface area contributed by atoms with E-state index in [1.165, 1.54) is 0 Å². The summed E-state index contributed by atoms with van der Waals surface area (Å²) in [6.07, 6.45) is 2.36. The van der Waals surface area contributed by atoms with Crippen LogP contribution in [0.5, 0.6) is 0 Å². The molecule has 6 nitrogen and oxygen atoms in total. The van der Waals surface area contributed by atoms with Crippen molar-refractivity contribution in [2.75, 3.05) is 19.6 Å². The molecule has 1 aromatic rings. The second kappa shape index (κ2) is 6.98. The highest BCUT2D eigenvalue weighted by molar-refractivity contribution is 5.76. The molecule has 2 unspecified atom stereocenters. The second-order valence-corrected chi connectivity index (χ2v) is 7.04. The van der Waals surface area contributed by atoms with Gasteiger partial charge in [-0.05, 0) is 24.5 Å². The Bertz CT molecular complexity index is 559. The maximum absolute atomic E-state index is 12.4. The number of pyridine rings is 1. The van der Waals surface area contributed by atoms with Gasteiger partial charge in [-0.1, -0.05) is 26.8 Å². The average Bonchev–Trinajstić information content (AvgIpc) is 2.53. The fraction of sp³-hybridized carbons (Fsp3) is 0.588. The Morgan fingerprint density at radius 1 is 1.39 bits per heavy atom. The summed E-state index contributed by atoms with van der Waals surface area (Å²) in [4.78, 5) is 29.6. The van der Waals surface area contributed by atoms with Crippen molar-refractivity contribution in [3.63, 3.8) is 0 Å². The van der Waals surface area contributed by atoms with Crippen LogP contribution < -0.4 is 5.32 Å². The van der Waals surface area contributed by atoms with Gasteiger partial charge in [0.05, 0.1) is 5.92 Å². The summed E-state index contributed by atoms with van der Waals surface area (Å²) in [5.41, 5.74) is 0.626. The number of hydrogen-bond acceptors (Lipinski definition) is 3. The van der Waals surface area contributed by atoms with Crippen LogP contribution in [0.15, 0.2) is 24.4 Å². The lowest BCUT2D eigenvalue weighted by molar-refractivity contribution is -0.143. The number of aliphatic carboxylic acids is 1. The Morgan fingerprint density at radius 3 is 2.74 bits per heavy atom. The molecule has 2 heterocycles. The summed E-state index contributed by atoms with van der Waals surface area (Å²) >= 11 is 0. The molecule has 0 aromatic carbocycles. The molecule has 2 atom stereocenters. The van der Waals surface area contributed by atoms with Crippen LogP contribution in [0.1, 0.15) is 32.9 Å². The minimum atomic E-state index is -0.830. The van der Waals surface area contributed by atoms with E-state index in [1.54, 1.807) is 11.1 Å². The van der Waals surface area contributed by atoms with Gasteiger partial charge in [-0.25, -0.2) is 4.79 Å². The normalized spacial score (nSPS) is 21.8. The maximum Gasteiger partial charge on any atom is 0.317 e. The fourth-order valence-electron chi connectivity index (χ4n) is 2.96. The largest absolute Gasteiger partial charge is 0.481 e. The Hall–Kier alpha value is -2.11. The summed E-state index contributed by atoms with van der Waals surface area (Å²) in [5, 5.41) is 12.1. The molecule has 0 saturated carbocycles. The number of likely N-dealkylation sites (tertiary alicyclic amines) is 1. The highest BCUT2D eigenvalue weighted by Crippen LogP contribution is 2.23. The first-order valence-electron chi connectivity index (χ1n) is 7.96. The van der Waals surface area contributed by atoms with E-state index in [0.717, 1.165) is 5.69 Å². The molecule has 0 radical (unpaired) electrons. The van der Waals surface area contributed by atoms with Crippen molar-refractivity contribution in [2.24, 2.45) is 11.8 Å². The SMILES string of the molecule is CC1CC(C(=O)O)CN(C(=O)NCC(C)(C)c2ccccn2)C1. The van der Waals surface area contributed by atoms with Gasteiger partial charge in [0.15, 0.2) is 0 Å². The quantitative estimate of drug-likeness (QED) is 0.890. The minimum Gasteiger partial charge on any atom is -0.481 e. The summed E-state index contributed by atoms with van der Waals surface area (Å²) in [7, 11) is 0. The number of piperidine rings is 1. The Kier molecular flexibility index (Phi) is 5.23. The molecule has 0 aliphatic carbocycles. The number of hydrogen-bond donors (Lipinski definition) is 2. The Balaban J connectivity index is 1.95. The van der Waals surface area contributed by atoms with E-state index in [1.807, 2.05) is 39.0 Å². The first kappa shape index (κ1) is 17.2. The number of rotatable bonds is 4. The number of nitrogens with zero attached hydrogens (tertiary/aromatic N) is 2. The van der Waals surface area contributed by atoms with Crippen molar-refractivity contribution in [1.82, 2.24) is 15.2 Å². The third-order valence-corrected chi connectivity index (χ3v) is 4.34. The molecule has 1 aromatic heterocycles. The number of carboxylic acid groups (broad SMARTS) is 1. The van der Waals surface area contributed by atoms with Gasteiger partial charge < -0.3 is 15.3 Å². The first-order valence-corrected chi connectivity index (χ1v) is 7.96. The van der Waals surface area contributed by atoms with Gasteiger partial charge in [0.2, 0.25) is 0 Å². The van der Waals surface area contributed by atoms with Crippen LogP contribution in [0, 0.1) is 11.8 Å². The number of amides is 2. The van der Waals surface area contributed by atoms with E-state index >= 15 is 0 Å². The first-order chi connectivity index (χ1) is 10.8. The molecule has 1 aliphatic rings. The fourth-order valence-corrected chi connectivity index (χ4v) is 2.96. The van der Waals surface area contributed by atoms with Gasteiger partial charge in [0.1, 0.15) is 0 Å². The van der Waals surface area contributed by atoms with E-state index < -0.39 is 11.9 Å². The van der Waals surface area contributed by atoms with Crippen molar-refractivity contribution < 1.29 is 14.7 Å². The van der Waals surface area contributed by atoms with Gasteiger partial charge >= 0.3 is 12.0 Å². The van der Waals surface area contributed by atoms with Crippen molar-refractivity contribution in [3.05, 3.63) is 30.1 Å². The average molecular weight is 319 g/mol. The lowest BCUT2D eigenvalue weighted by Crippen LogP contribution is -2.51. The second-order valence-electron chi connectivity index (χ2n) is 7.04. The molecule has 2 rings (SSSR count). The highest BCUT2D eigenvalue weighted by Gasteiger charge is 2.32. The molecule has 6 heteroatoms. The van der Waals surface area contributed by atoms with Crippen LogP contribution in [0.3, 0.4) is 0 Å². The molecular formula is C17H25N3O3. The van der Waals surface area contributed by atoms with E-state index in [4.69, 9.17) is 0 Å². The predicted octanol–water partition coefficient (Wildman–Crippen LogP) is 2.11. The van der Waals surface area contributed by atoms with Gasteiger partial charge in [-0.3, -0.25) is 9.78 Å². The lowest BCUT2D eigenvalue weighted by atomic mass is 9.88. The standard InChI is InChI=1S/C17H25N3O3/c1-12-8-13(15(21)22)10-20(9-12)16(23)19-11-17(2,3)14-6-4-5-7-18-14/h4-7,12-13H,8-11H2,1-3H3,(H,19,23)(H,21,22). The van der Waals surface area contributed by atoms with Crippen LogP contribution >= 0.6 is 0 Å². The minimum absolute atomic E-state index is 0.194. The number of urea groups is 1. The van der Waals surface area contributed by atoms with E-state index in [2.05, 4.69) is 10.3 Å². The molecule has 1 aliphatic heterocycles. The van der Waals surface area contributed by atoms with E-state index in [0.29, 0.717) is 19.5 Å². The maximum atomic E-state index is 12.4. The van der Waals surface area contributed by atoms with Crippen LogP contribution in [0.2, 0.25) is 0 Å².